The molecule has 2 rings (SSSR count). The molecular weight excluding hydrogens is 283 g/mol. The van der Waals surface area contributed by atoms with Crippen LogP contribution in [0.25, 0.3) is 0 Å². The first kappa shape index (κ1) is 14.2. The molecule has 1 saturated heterocycles. The minimum absolute atomic E-state index is 0. The van der Waals surface area contributed by atoms with Gasteiger partial charge in [0.1, 0.15) is 0 Å². The monoisotopic (exact) mass is 302 g/mol. The Kier molecular flexibility index (Phi) is 5.43. The first-order valence-electron chi connectivity index (χ1n) is 5.73. The molecule has 1 N–H and O–H groups in total. The lowest BCUT2D eigenvalue weighted by Gasteiger charge is -2.29. The Morgan fingerprint density at radius 2 is 1.75 bits per heavy atom. The number of rotatable bonds is 2. The van der Waals surface area contributed by atoms with Gasteiger partial charge in [-0.3, -0.25) is 0 Å². The largest absolute Gasteiger partial charge is 1.00 e. The second-order valence-electron chi connectivity index (χ2n) is 4.94. The van der Waals surface area contributed by atoms with E-state index in [1.54, 1.807) is 0 Å². The van der Waals surface area contributed by atoms with Crippen LogP contribution >= 0.6 is 7.26 Å². The third kappa shape index (κ3) is 3.84. The van der Waals surface area contributed by atoms with Crippen molar-refractivity contribution < 1.29 is 22.1 Å². The smallest absolute Gasteiger partial charge is 0.0840 e. The van der Waals surface area contributed by atoms with Gasteiger partial charge < -0.3 is 22.1 Å². The van der Waals surface area contributed by atoms with Crippen LogP contribution in [0.4, 0.5) is 0 Å². The molecule has 0 saturated carbocycles. The van der Waals surface area contributed by atoms with E-state index >= 15 is 0 Å². The van der Waals surface area contributed by atoms with Gasteiger partial charge in [0.2, 0.25) is 0 Å². The molecule has 0 atom stereocenters. The van der Waals surface area contributed by atoms with Crippen molar-refractivity contribution in [3.63, 3.8) is 0 Å². The van der Waals surface area contributed by atoms with Crippen molar-refractivity contribution in [2.24, 2.45) is 0 Å². The first-order valence-corrected chi connectivity index (χ1v) is 8.53. The fourth-order valence-corrected chi connectivity index (χ4v) is 5.83. The SMILES string of the molecule is C[P+]1(Cc2ccccc2)CCC(O)CC1.[Br-]. The predicted molar refractivity (Wildman–Crippen MR) is 68.0 cm³/mol. The fourth-order valence-electron chi connectivity index (χ4n) is 2.36. The Hall–Kier alpha value is 0.0900. The summed E-state index contributed by atoms with van der Waals surface area (Å²) < 4.78 is 0. The lowest BCUT2D eigenvalue weighted by Crippen LogP contribution is -3.00. The van der Waals surface area contributed by atoms with E-state index in [-0.39, 0.29) is 23.1 Å². The molecule has 0 unspecified atom stereocenters. The summed E-state index contributed by atoms with van der Waals surface area (Å²) in [4.78, 5) is 0. The molecule has 90 valence electrons. The molecule has 0 radical (unpaired) electrons. The summed E-state index contributed by atoms with van der Waals surface area (Å²) in [6, 6.07) is 10.8. The molecular formula is C13H20BrOP. The minimum atomic E-state index is -0.783. The Balaban J connectivity index is 0.00000128. The van der Waals surface area contributed by atoms with Crippen LogP contribution in [-0.2, 0) is 6.16 Å². The molecule has 0 spiro atoms. The quantitative estimate of drug-likeness (QED) is 0.762. The lowest BCUT2D eigenvalue weighted by molar-refractivity contribution is -0.00000529. The van der Waals surface area contributed by atoms with Crippen molar-refractivity contribution in [1.82, 2.24) is 0 Å². The van der Waals surface area contributed by atoms with Gasteiger partial charge in [0.15, 0.2) is 0 Å². The molecule has 1 heterocycles. The molecule has 1 aliphatic heterocycles. The number of halogens is 1. The molecule has 1 aromatic rings. The van der Waals surface area contributed by atoms with Gasteiger partial charge >= 0.3 is 0 Å². The maximum Gasteiger partial charge on any atom is 0.0840 e. The third-order valence-electron chi connectivity index (χ3n) is 3.41. The van der Waals surface area contributed by atoms with E-state index in [4.69, 9.17) is 0 Å². The number of aliphatic hydroxyl groups excluding tert-OH is 1. The normalized spacial score (nSPS) is 29.5. The summed E-state index contributed by atoms with van der Waals surface area (Å²) in [5, 5.41) is 9.53. The van der Waals surface area contributed by atoms with Crippen molar-refractivity contribution in [3.8, 4) is 0 Å². The number of hydrogen-bond donors (Lipinski definition) is 1. The van der Waals surface area contributed by atoms with Gasteiger partial charge in [0.05, 0.1) is 24.6 Å². The van der Waals surface area contributed by atoms with Crippen LogP contribution in [0, 0.1) is 0 Å². The summed E-state index contributed by atoms with van der Waals surface area (Å²) in [6.07, 6.45) is 5.83. The number of aliphatic hydroxyl groups is 1. The highest BCUT2D eigenvalue weighted by Crippen LogP contribution is 2.61. The van der Waals surface area contributed by atoms with E-state index in [2.05, 4.69) is 37.0 Å². The molecule has 0 amide bonds. The van der Waals surface area contributed by atoms with E-state index < -0.39 is 7.26 Å². The standard InChI is InChI=1S/C13H20OP.BrH/c1-15(9-7-13(14)8-10-15)11-12-5-3-2-4-6-12;/h2-6,13-14H,7-11H2,1H3;1H/q+1;/p-1. The Morgan fingerprint density at radius 3 is 2.31 bits per heavy atom. The minimum Gasteiger partial charge on any atom is -1.00 e. The second-order valence-corrected chi connectivity index (χ2v) is 9.39. The molecule has 1 aliphatic rings. The summed E-state index contributed by atoms with van der Waals surface area (Å²) in [6.45, 7) is 2.46. The molecule has 1 nitrogen and oxygen atoms in total. The van der Waals surface area contributed by atoms with Crippen LogP contribution in [0.2, 0.25) is 0 Å². The molecule has 0 aliphatic carbocycles. The van der Waals surface area contributed by atoms with E-state index in [9.17, 15) is 5.11 Å². The van der Waals surface area contributed by atoms with Gasteiger partial charge in [-0.15, -0.1) is 0 Å². The van der Waals surface area contributed by atoms with Crippen LogP contribution in [0.15, 0.2) is 30.3 Å². The summed E-state index contributed by atoms with van der Waals surface area (Å²) >= 11 is 0. The van der Waals surface area contributed by atoms with Crippen LogP contribution in [0.1, 0.15) is 18.4 Å². The Labute approximate surface area is 109 Å². The summed E-state index contributed by atoms with van der Waals surface area (Å²) in [5.74, 6) is 0. The molecule has 3 heteroatoms. The highest BCUT2D eigenvalue weighted by Gasteiger charge is 2.36. The zero-order valence-corrected chi connectivity index (χ0v) is 12.3. The number of hydrogen-bond acceptors (Lipinski definition) is 1. The van der Waals surface area contributed by atoms with Crippen LogP contribution in [0.5, 0.6) is 0 Å². The average molecular weight is 303 g/mol. The summed E-state index contributed by atoms with van der Waals surface area (Å²) in [5.41, 5.74) is 1.48. The van der Waals surface area contributed by atoms with E-state index in [0.29, 0.717) is 0 Å². The second kappa shape index (κ2) is 6.14. The van der Waals surface area contributed by atoms with Crippen molar-refractivity contribution in [2.75, 3.05) is 19.0 Å². The van der Waals surface area contributed by atoms with Gasteiger partial charge in [-0.25, -0.2) is 0 Å². The van der Waals surface area contributed by atoms with E-state index in [1.807, 2.05) is 0 Å². The van der Waals surface area contributed by atoms with Crippen LogP contribution < -0.4 is 17.0 Å². The Bertz CT molecular complexity index is 307. The van der Waals surface area contributed by atoms with Gasteiger partial charge in [0.25, 0.3) is 0 Å². The fraction of sp³-hybridized carbons (Fsp3) is 0.538. The maximum absolute atomic E-state index is 9.53. The van der Waals surface area contributed by atoms with E-state index in [0.717, 1.165) is 12.8 Å². The maximum atomic E-state index is 9.53. The highest BCUT2D eigenvalue weighted by atomic mass is 79.9. The van der Waals surface area contributed by atoms with Gasteiger partial charge in [0, 0.05) is 26.8 Å². The highest BCUT2D eigenvalue weighted by molar-refractivity contribution is 7.74. The van der Waals surface area contributed by atoms with Crippen molar-refractivity contribution in [2.45, 2.75) is 25.1 Å². The van der Waals surface area contributed by atoms with E-state index in [1.165, 1.54) is 24.0 Å². The zero-order valence-electron chi connectivity index (χ0n) is 9.77. The average Bonchev–Trinajstić information content (AvgIpc) is 2.24. The topological polar surface area (TPSA) is 20.2 Å². The molecule has 1 aromatic carbocycles. The van der Waals surface area contributed by atoms with Crippen molar-refractivity contribution in [3.05, 3.63) is 35.9 Å². The first-order chi connectivity index (χ1) is 7.18. The molecule has 0 aromatic heterocycles. The predicted octanol–water partition coefficient (Wildman–Crippen LogP) is -0.00730. The van der Waals surface area contributed by atoms with Gasteiger partial charge in [-0.1, -0.05) is 30.3 Å². The molecule has 16 heavy (non-hydrogen) atoms. The van der Waals surface area contributed by atoms with Gasteiger partial charge in [-0.05, 0) is 5.56 Å². The van der Waals surface area contributed by atoms with Gasteiger partial charge in [-0.2, -0.15) is 0 Å². The van der Waals surface area contributed by atoms with Crippen LogP contribution in [-0.4, -0.2) is 30.2 Å². The molecule has 1 fully saturated rings. The van der Waals surface area contributed by atoms with Crippen molar-refractivity contribution in [1.29, 1.82) is 0 Å². The lowest BCUT2D eigenvalue weighted by atomic mass is 10.2. The zero-order chi connectivity index (χ0) is 10.7. The third-order valence-corrected chi connectivity index (χ3v) is 7.22. The van der Waals surface area contributed by atoms with Crippen LogP contribution in [0.3, 0.4) is 0 Å². The summed E-state index contributed by atoms with van der Waals surface area (Å²) in [7, 11) is -0.783. The van der Waals surface area contributed by atoms with Crippen molar-refractivity contribution >= 4 is 7.26 Å². The number of benzene rings is 1. The molecule has 0 bridgehead atoms. The Morgan fingerprint density at radius 1 is 1.19 bits per heavy atom.